The molecule has 2 aromatic heterocycles. The molecule has 0 atom stereocenters. The van der Waals surface area contributed by atoms with Crippen molar-refractivity contribution in [3.05, 3.63) is 53.3 Å². The molecule has 4 rings (SSSR count). The van der Waals surface area contributed by atoms with Crippen LogP contribution in [0, 0.1) is 12.3 Å². The van der Waals surface area contributed by atoms with Gasteiger partial charge in [0.1, 0.15) is 22.8 Å². The van der Waals surface area contributed by atoms with Gasteiger partial charge in [0.05, 0.1) is 17.6 Å². The third kappa shape index (κ3) is 5.84. The minimum absolute atomic E-state index is 0.0702. The number of phosphoric ester groups is 1. The summed E-state index contributed by atoms with van der Waals surface area (Å²) in [6, 6.07) is 9.47. The number of phosphoric acid groups is 1. The van der Waals surface area contributed by atoms with E-state index in [2.05, 4.69) is 17.2 Å². The van der Waals surface area contributed by atoms with Crippen molar-refractivity contribution in [3.63, 3.8) is 0 Å². The zero-order valence-electron chi connectivity index (χ0n) is 20.0. The minimum atomic E-state index is -4.78. The number of aromatic nitrogens is 3. The molecular formula is C25H26N5O6P. The van der Waals surface area contributed by atoms with Gasteiger partial charge in [0.2, 0.25) is 0 Å². The molecule has 0 unspecified atom stereocenters. The minimum Gasteiger partial charge on any atom is -0.508 e. The second-order valence-corrected chi connectivity index (χ2v) is 9.63. The average molecular weight is 523 g/mol. The van der Waals surface area contributed by atoms with E-state index in [4.69, 9.17) is 21.7 Å². The lowest BCUT2D eigenvalue weighted by Crippen LogP contribution is -2.20. The monoisotopic (exact) mass is 523 g/mol. The summed E-state index contributed by atoms with van der Waals surface area (Å²) in [5.74, 6) is 2.29. The van der Waals surface area contributed by atoms with Crippen LogP contribution in [0.2, 0.25) is 0 Å². The molecule has 12 heteroatoms. The maximum Gasteiger partial charge on any atom is 0.524 e. The van der Waals surface area contributed by atoms with Crippen LogP contribution in [0.5, 0.6) is 11.5 Å². The van der Waals surface area contributed by atoms with Crippen molar-refractivity contribution >= 4 is 41.5 Å². The highest BCUT2D eigenvalue weighted by Crippen LogP contribution is 2.39. The van der Waals surface area contributed by atoms with Crippen LogP contribution in [0.15, 0.2) is 36.4 Å². The van der Waals surface area contributed by atoms with Crippen LogP contribution in [0.4, 0.5) is 5.82 Å². The van der Waals surface area contributed by atoms with Crippen molar-refractivity contribution in [2.24, 2.45) is 0 Å². The first kappa shape index (κ1) is 26.0. The van der Waals surface area contributed by atoms with Crippen LogP contribution in [-0.2, 0) is 28.9 Å². The van der Waals surface area contributed by atoms with Gasteiger partial charge in [0.15, 0.2) is 5.82 Å². The normalized spacial score (nSPS) is 11.5. The van der Waals surface area contributed by atoms with Crippen LogP contribution in [0.3, 0.4) is 0 Å². The van der Waals surface area contributed by atoms with Gasteiger partial charge in [-0.05, 0) is 42.2 Å². The first-order valence-corrected chi connectivity index (χ1v) is 13.0. The Morgan fingerprint density at radius 3 is 2.73 bits per heavy atom. The number of pyridine rings is 1. The molecule has 6 N–H and O–H groups in total. The molecule has 0 aliphatic rings. The number of aromatic hydroxyl groups is 1. The number of carbonyl (C=O) groups excluding carboxylic acids is 1. The Balaban J connectivity index is 1.85. The number of amides is 1. The number of nitrogen functional groups attached to an aromatic ring is 1. The molecule has 0 aliphatic heterocycles. The van der Waals surface area contributed by atoms with E-state index in [1.54, 1.807) is 6.07 Å². The predicted molar refractivity (Wildman–Crippen MR) is 139 cm³/mol. The van der Waals surface area contributed by atoms with E-state index in [9.17, 15) is 24.3 Å². The number of anilines is 1. The number of fused-ring (bicyclic) bond motifs is 3. The van der Waals surface area contributed by atoms with E-state index in [1.165, 1.54) is 18.2 Å². The second-order valence-electron chi connectivity index (χ2n) is 8.46. The third-order valence-electron chi connectivity index (χ3n) is 5.79. The zero-order valence-corrected chi connectivity index (χ0v) is 20.9. The van der Waals surface area contributed by atoms with E-state index < -0.39 is 13.7 Å². The average Bonchev–Trinajstić information content (AvgIpc) is 3.21. The molecule has 2 heterocycles. The molecule has 0 saturated carbocycles. The summed E-state index contributed by atoms with van der Waals surface area (Å²) in [6.07, 6.45) is 7.55. The number of nitrogens with one attached hydrogen (secondary N) is 1. The summed E-state index contributed by atoms with van der Waals surface area (Å²) in [4.78, 5) is 39.1. The van der Waals surface area contributed by atoms with Crippen molar-refractivity contribution < 1.29 is 28.8 Å². The molecule has 0 bridgehead atoms. The summed E-state index contributed by atoms with van der Waals surface area (Å²) < 4.78 is 17.9. The Morgan fingerprint density at radius 2 is 2.03 bits per heavy atom. The number of rotatable bonds is 9. The molecule has 11 nitrogen and oxygen atoms in total. The first-order chi connectivity index (χ1) is 17.6. The van der Waals surface area contributed by atoms with Gasteiger partial charge in [-0.2, -0.15) is 0 Å². The van der Waals surface area contributed by atoms with Gasteiger partial charge in [-0.3, -0.25) is 14.6 Å². The Labute approximate surface area is 212 Å². The van der Waals surface area contributed by atoms with Crippen LogP contribution in [0.25, 0.3) is 21.9 Å². The highest BCUT2D eigenvalue weighted by Gasteiger charge is 2.21. The van der Waals surface area contributed by atoms with Gasteiger partial charge in [-0.25, -0.2) is 14.5 Å². The number of nitrogens with zero attached hydrogens (tertiary/aromatic N) is 3. The predicted octanol–water partition coefficient (Wildman–Crippen LogP) is 2.98. The first-order valence-electron chi connectivity index (χ1n) is 11.5. The molecule has 0 saturated heterocycles. The SMILES string of the molecule is C#CC(=O)NCc1ccc2c(c1)nc(N)c1nc(CCCC)n(Cc3cc(OP(=O)(O)O)ccc3O)c12. The van der Waals surface area contributed by atoms with Crippen LogP contribution < -0.4 is 15.6 Å². The number of imidazole rings is 1. The van der Waals surface area contributed by atoms with Crippen molar-refractivity contribution in [2.75, 3.05) is 5.73 Å². The van der Waals surface area contributed by atoms with Gasteiger partial charge < -0.3 is 25.2 Å². The van der Waals surface area contributed by atoms with E-state index >= 15 is 0 Å². The van der Waals surface area contributed by atoms with Gasteiger partial charge in [0, 0.05) is 23.9 Å². The number of nitrogens with two attached hydrogens (primary N) is 1. The number of phenolic OH excluding ortho intramolecular Hbond substituents is 1. The van der Waals surface area contributed by atoms with Gasteiger partial charge in [-0.1, -0.05) is 25.5 Å². The number of terminal acetylenes is 1. The lowest BCUT2D eigenvalue weighted by molar-refractivity contribution is -0.115. The fraction of sp³-hybridized carbons (Fsp3) is 0.240. The highest BCUT2D eigenvalue weighted by molar-refractivity contribution is 7.46. The standard InChI is InChI=1S/C25H26N5O6P/c1-3-5-6-21-29-23-24(30(21)14-16-12-17(8-10-20(16)31)36-37(33,34)35)18-9-7-15(13-27-22(32)4-2)11-19(18)28-25(23)26/h2,7-12,31H,3,5-6,13-14H2,1H3,(H2,26,28)(H,27,32)(H2,33,34,35). The lowest BCUT2D eigenvalue weighted by atomic mass is 10.1. The molecule has 4 aromatic rings. The van der Waals surface area contributed by atoms with Gasteiger partial charge in [0.25, 0.3) is 5.91 Å². The Morgan fingerprint density at radius 1 is 1.24 bits per heavy atom. The van der Waals surface area contributed by atoms with E-state index in [0.29, 0.717) is 28.5 Å². The lowest BCUT2D eigenvalue weighted by Gasteiger charge is -2.14. The van der Waals surface area contributed by atoms with Gasteiger partial charge in [-0.15, -0.1) is 6.42 Å². The molecule has 192 valence electrons. The Kier molecular flexibility index (Phi) is 7.36. The number of carbonyl (C=O) groups is 1. The Hall–Kier alpha value is -4.10. The Bertz CT molecular complexity index is 1590. The fourth-order valence-electron chi connectivity index (χ4n) is 4.10. The molecule has 0 radical (unpaired) electrons. The topological polar surface area (TPSA) is 173 Å². The van der Waals surface area contributed by atoms with Crippen molar-refractivity contribution in [1.29, 1.82) is 0 Å². The van der Waals surface area contributed by atoms with Gasteiger partial charge >= 0.3 is 7.82 Å². The molecule has 1 amide bonds. The number of hydrogen-bond donors (Lipinski definition) is 5. The number of phenols is 1. The summed E-state index contributed by atoms with van der Waals surface area (Å²) in [7, 11) is -4.78. The second kappa shape index (κ2) is 10.5. The molecule has 0 aliphatic carbocycles. The molecule has 2 aromatic carbocycles. The quantitative estimate of drug-likeness (QED) is 0.163. The highest BCUT2D eigenvalue weighted by atomic mass is 31.2. The molecule has 37 heavy (non-hydrogen) atoms. The van der Waals surface area contributed by atoms with E-state index in [0.717, 1.165) is 29.6 Å². The molecule has 0 fully saturated rings. The van der Waals surface area contributed by atoms with Crippen molar-refractivity contribution in [3.8, 4) is 23.8 Å². The number of unbranched alkanes of at least 4 members (excludes halogenated alkanes) is 1. The van der Waals surface area contributed by atoms with E-state index in [-0.39, 0.29) is 30.4 Å². The number of hydrogen-bond acceptors (Lipinski definition) is 7. The number of benzene rings is 2. The smallest absolute Gasteiger partial charge is 0.508 e. The zero-order chi connectivity index (χ0) is 26.7. The molecule has 0 spiro atoms. The number of aryl methyl sites for hydroxylation is 1. The van der Waals surface area contributed by atoms with E-state index in [1.807, 2.05) is 22.6 Å². The fourth-order valence-corrected chi connectivity index (χ4v) is 4.48. The van der Waals surface area contributed by atoms with Crippen molar-refractivity contribution in [1.82, 2.24) is 19.9 Å². The third-order valence-corrected chi connectivity index (χ3v) is 6.24. The van der Waals surface area contributed by atoms with Crippen molar-refractivity contribution in [2.45, 2.75) is 39.3 Å². The summed E-state index contributed by atoms with van der Waals surface area (Å²) >= 11 is 0. The summed E-state index contributed by atoms with van der Waals surface area (Å²) in [5.41, 5.74) is 9.25. The summed E-state index contributed by atoms with van der Waals surface area (Å²) in [5, 5.41) is 13.9. The van der Waals surface area contributed by atoms with Crippen LogP contribution >= 0.6 is 7.82 Å². The van der Waals surface area contributed by atoms with Crippen LogP contribution in [0.1, 0.15) is 36.7 Å². The maximum atomic E-state index is 11.4. The largest absolute Gasteiger partial charge is 0.524 e. The molecular weight excluding hydrogens is 497 g/mol. The van der Waals surface area contributed by atoms with Crippen LogP contribution in [-0.4, -0.2) is 35.3 Å². The maximum absolute atomic E-state index is 11.4. The summed E-state index contributed by atoms with van der Waals surface area (Å²) in [6.45, 7) is 2.42.